The van der Waals surface area contributed by atoms with Crippen LogP contribution in [0.4, 0.5) is 0 Å². The molecule has 0 aliphatic rings. The summed E-state index contributed by atoms with van der Waals surface area (Å²) in [4.78, 5) is 11.6. The van der Waals surface area contributed by atoms with Crippen LogP contribution in [-0.2, 0) is 14.1 Å². The van der Waals surface area contributed by atoms with E-state index in [4.69, 9.17) is 4.74 Å². The average molecular weight is 310 g/mol. The molecule has 1 aromatic carbocycles. The van der Waals surface area contributed by atoms with E-state index < -0.39 is 7.14 Å². The number of ether oxygens (including phenoxy) is 1. The third kappa shape index (κ3) is 6.48. The van der Waals surface area contributed by atoms with Gasteiger partial charge < -0.3 is 9.30 Å². The van der Waals surface area contributed by atoms with Crippen LogP contribution in [0.1, 0.15) is 45.4 Å². The minimum absolute atomic E-state index is 0.0163. The Morgan fingerprint density at radius 1 is 1.05 bits per heavy atom. The summed E-state index contributed by atoms with van der Waals surface area (Å²) in [5.41, 5.74) is 0. The normalized spacial score (nSPS) is 13.6. The fraction of sp³-hybridized carbons (Fsp3) is 0.588. The van der Waals surface area contributed by atoms with Gasteiger partial charge in [-0.15, -0.1) is 0 Å². The standard InChI is InChI=1S/C17H27O3P/c1-3-4-5-6-7-11-14-21(19,15-17(18)20-2)16-12-9-8-10-13-16/h8-10,12-13H,3-7,11,14-15H2,1-2H3/t21-/m0/s1. The second kappa shape index (κ2) is 9.78. The van der Waals surface area contributed by atoms with Crippen molar-refractivity contribution >= 4 is 18.4 Å². The van der Waals surface area contributed by atoms with Crippen molar-refractivity contribution in [2.75, 3.05) is 19.4 Å². The second-order valence-electron chi connectivity index (χ2n) is 5.45. The minimum atomic E-state index is -2.67. The fourth-order valence-electron chi connectivity index (χ4n) is 2.42. The van der Waals surface area contributed by atoms with Crippen molar-refractivity contribution in [1.29, 1.82) is 0 Å². The van der Waals surface area contributed by atoms with E-state index >= 15 is 0 Å². The van der Waals surface area contributed by atoms with Crippen LogP contribution in [0.2, 0.25) is 0 Å². The lowest BCUT2D eigenvalue weighted by Gasteiger charge is -2.17. The van der Waals surface area contributed by atoms with Crippen LogP contribution in [0.3, 0.4) is 0 Å². The lowest BCUT2D eigenvalue weighted by molar-refractivity contribution is -0.137. The van der Waals surface area contributed by atoms with Crippen LogP contribution >= 0.6 is 7.14 Å². The van der Waals surface area contributed by atoms with E-state index in [1.54, 1.807) is 0 Å². The Labute approximate surface area is 128 Å². The summed E-state index contributed by atoms with van der Waals surface area (Å²) in [7, 11) is -1.32. The minimum Gasteiger partial charge on any atom is -0.469 e. The Morgan fingerprint density at radius 3 is 2.29 bits per heavy atom. The van der Waals surface area contributed by atoms with Crippen LogP contribution in [0, 0.1) is 0 Å². The van der Waals surface area contributed by atoms with Crippen LogP contribution in [0.25, 0.3) is 0 Å². The molecule has 0 amide bonds. The monoisotopic (exact) mass is 310 g/mol. The number of esters is 1. The molecule has 0 radical (unpaired) electrons. The molecule has 21 heavy (non-hydrogen) atoms. The maximum atomic E-state index is 13.2. The van der Waals surface area contributed by atoms with Crippen molar-refractivity contribution in [2.45, 2.75) is 45.4 Å². The summed E-state index contributed by atoms with van der Waals surface area (Å²) in [6.07, 6.45) is 7.51. The first-order valence-corrected chi connectivity index (χ1v) is 9.90. The Bertz CT molecular complexity index is 456. The van der Waals surface area contributed by atoms with Gasteiger partial charge in [0.2, 0.25) is 0 Å². The summed E-state index contributed by atoms with van der Waals surface area (Å²) < 4.78 is 17.9. The molecule has 0 saturated heterocycles. The first-order chi connectivity index (χ1) is 10.1. The number of methoxy groups -OCH3 is 1. The van der Waals surface area contributed by atoms with E-state index in [-0.39, 0.29) is 12.1 Å². The van der Waals surface area contributed by atoms with Crippen molar-refractivity contribution in [1.82, 2.24) is 0 Å². The highest BCUT2D eigenvalue weighted by Crippen LogP contribution is 2.45. The molecule has 1 aromatic rings. The average Bonchev–Trinajstić information content (AvgIpc) is 2.51. The largest absolute Gasteiger partial charge is 0.469 e. The molecule has 0 aliphatic heterocycles. The Morgan fingerprint density at radius 2 is 1.67 bits per heavy atom. The molecule has 1 rings (SSSR count). The molecule has 118 valence electrons. The topological polar surface area (TPSA) is 43.4 Å². The smallest absolute Gasteiger partial charge is 0.313 e. The maximum absolute atomic E-state index is 13.2. The Balaban J connectivity index is 2.61. The van der Waals surface area contributed by atoms with Crippen molar-refractivity contribution < 1.29 is 14.1 Å². The van der Waals surface area contributed by atoms with Crippen molar-refractivity contribution in [3.63, 3.8) is 0 Å². The molecule has 1 atom stereocenters. The second-order valence-corrected chi connectivity index (χ2v) is 8.51. The van der Waals surface area contributed by atoms with Gasteiger partial charge in [0.15, 0.2) is 0 Å². The maximum Gasteiger partial charge on any atom is 0.313 e. The highest BCUT2D eigenvalue weighted by atomic mass is 31.2. The molecule has 3 nitrogen and oxygen atoms in total. The van der Waals surface area contributed by atoms with E-state index in [2.05, 4.69) is 6.92 Å². The van der Waals surface area contributed by atoms with Gasteiger partial charge in [-0.3, -0.25) is 4.79 Å². The third-order valence-corrected chi connectivity index (χ3v) is 6.76. The van der Waals surface area contributed by atoms with Crippen molar-refractivity contribution in [2.24, 2.45) is 0 Å². The SMILES string of the molecule is CCCCCCCC[P@](=O)(CC(=O)OC)c1ccccc1. The number of carbonyl (C=O) groups excluding carboxylic acids is 1. The summed E-state index contributed by atoms with van der Waals surface area (Å²) in [6, 6.07) is 9.37. The van der Waals surface area contributed by atoms with E-state index in [1.165, 1.54) is 32.8 Å². The van der Waals surface area contributed by atoms with Crippen molar-refractivity contribution in [3.8, 4) is 0 Å². The van der Waals surface area contributed by atoms with Gasteiger partial charge >= 0.3 is 5.97 Å². The van der Waals surface area contributed by atoms with E-state index in [9.17, 15) is 9.36 Å². The number of hydrogen-bond donors (Lipinski definition) is 0. The number of unbranched alkanes of at least 4 members (excludes halogenated alkanes) is 5. The highest BCUT2D eigenvalue weighted by molar-refractivity contribution is 7.72. The molecule has 0 bridgehead atoms. The molecule has 0 aromatic heterocycles. The van der Waals surface area contributed by atoms with Crippen LogP contribution in [0.15, 0.2) is 30.3 Å². The molecule has 0 unspecified atom stereocenters. The first kappa shape index (κ1) is 18.0. The quantitative estimate of drug-likeness (QED) is 0.369. The number of rotatable bonds is 10. The van der Waals surface area contributed by atoms with E-state index in [0.717, 1.165) is 18.1 Å². The molecule has 0 saturated carbocycles. The van der Waals surface area contributed by atoms with Gasteiger partial charge in [0.1, 0.15) is 13.3 Å². The molecular formula is C17H27O3P. The number of hydrogen-bond acceptors (Lipinski definition) is 3. The predicted octanol–water partition coefficient (Wildman–Crippen LogP) is 4.21. The van der Waals surface area contributed by atoms with Crippen molar-refractivity contribution in [3.05, 3.63) is 30.3 Å². The molecule has 0 aliphatic carbocycles. The van der Waals surface area contributed by atoms with Gasteiger partial charge in [-0.2, -0.15) is 0 Å². The zero-order valence-electron chi connectivity index (χ0n) is 13.2. The Hall–Kier alpha value is -1.08. The van der Waals surface area contributed by atoms with Gasteiger partial charge in [0.05, 0.1) is 7.11 Å². The van der Waals surface area contributed by atoms with Crippen LogP contribution in [-0.4, -0.2) is 25.4 Å². The van der Waals surface area contributed by atoms with Gasteiger partial charge in [-0.1, -0.05) is 69.4 Å². The van der Waals surface area contributed by atoms with Gasteiger partial charge in [0.25, 0.3) is 0 Å². The lowest BCUT2D eigenvalue weighted by atomic mass is 10.1. The zero-order valence-corrected chi connectivity index (χ0v) is 14.1. The summed E-state index contributed by atoms with van der Waals surface area (Å²) >= 11 is 0. The van der Waals surface area contributed by atoms with Gasteiger partial charge in [-0.25, -0.2) is 0 Å². The molecule has 0 spiro atoms. The third-order valence-electron chi connectivity index (χ3n) is 3.71. The molecule has 0 N–H and O–H groups in total. The number of benzene rings is 1. The van der Waals surface area contributed by atoms with E-state index in [0.29, 0.717) is 6.16 Å². The summed E-state index contributed by atoms with van der Waals surface area (Å²) in [6.45, 7) is 2.19. The molecule has 4 heteroatoms. The van der Waals surface area contributed by atoms with Gasteiger partial charge in [0, 0.05) is 11.5 Å². The zero-order chi connectivity index (χ0) is 15.6. The first-order valence-electron chi connectivity index (χ1n) is 7.83. The van der Waals surface area contributed by atoms with Crippen LogP contribution < -0.4 is 5.30 Å². The Kier molecular flexibility index (Phi) is 8.37. The van der Waals surface area contributed by atoms with Crippen LogP contribution in [0.5, 0.6) is 0 Å². The summed E-state index contributed by atoms with van der Waals surface area (Å²) in [5.74, 6) is -0.381. The fourth-order valence-corrected chi connectivity index (χ4v) is 5.01. The summed E-state index contributed by atoms with van der Waals surface area (Å²) in [5, 5.41) is 0.795. The predicted molar refractivity (Wildman–Crippen MR) is 88.8 cm³/mol. The highest BCUT2D eigenvalue weighted by Gasteiger charge is 2.27. The number of carbonyl (C=O) groups is 1. The van der Waals surface area contributed by atoms with Gasteiger partial charge in [-0.05, 0) is 6.42 Å². The molecule has 0 fully saturated rings. The lowest BCUT2D eigenvalue weighted by Crippen LogP contribution is -2.17. The molecule has 0 heterocycles. The molecular weight excluding hydrogens is 283 g/mol. The van der Waals surface area contributed by atoms with E-state index in [1.807, 2.05) is 30.3 Å².